The van der Waals surface area contributed by atoms with E-state index in [9.17, 15) is 4.21 Å². The van der Waals surface area contributed by atoms with E-state index < -0.39 is 11.0 Å². The minimum absolute atomic E-state index is 0.137. The van der Waals surface area contributed by atoms with Crippen LogP contribution in [0.15, 0.2) is 17.0 Å². The molecular formula is C17H27NOS. The highest BCUT2D eigenvalue weighted by molar-refractivity contribution is 7.82. The third-order valence-electron chi connectivity index (χ3n) is 4.12. The molecule has 2 atom stereocenters. The van der Waals surface area contributed by atoms with Gasteiger partial charge in [-0.2, -0.15) is 0 Å². The van der Waals surface area contributed by atoms with Crippen LogP contribution >= 0.6 is 0 Å². The molecule has 1 aromatic rings. The zero-order valence-corrected chi connectivity index (χ0v) is 14.4. The highest BCUT2D eigenvalue weighted by Crippen LogP contribution is 2.30. The highest BCUT2D eigenvalue weighted by Gasteiger charge is 2.27. The van der Waals surface area contributed by atoms with Crippen molar-refractivity contribution >= 4 is 11.0 Å². The second kappa shape index (κ2) is 5.61. The van der Waals surface area contributed by atoms with E-state index in [1.54, 1.807) is 0 Å². The lowest BCUT2D eigenvalue weighted by molar-refractivity contribution is 0.512. The van der Waals surface area contributed by atoms with E-state index in [4.69, 9.17) is 0 Å². The SMILES string of the molecule is Cc1cc(C(C)(C)C)cc(C)c1S(=O)N1CCC(C)C1. The number of benzene rings is 1. The quantitative estimate of drug-likeness (QED) is 0.808. The van der Waals surface area contributed by atoms with Crippen LogP contribution in [0.4, 0.5) is 0 Å². The molecule has 1 aliphatic heterocycles. The first-order chi connectivity index (χ1) is 9.20. The van der Waals surface area contributed by atoms with Gasteiger partial charge in [0.15, 0.2) is 0 Å². The summed E-state index contributed by atoms with van der Waals surface area (Å²) in [7, 11) is -1.00. The van der Waals surface area contributed by atoms with Gasteiger partial charge in [-0.25, -0.2) is 8.51 Å². The van der Waals surface area contributed by atoms with Crippen LogP contribution in [0.25, 0.3) is 0 Å². The lowest BCUT2D eigenvalue weighted by Gasteiger charge is -2.23. The van der Waals surface area contributed by atoms with Crippen molar-refractivity contribution in [2.45, 2.75) is 58.3 Å². The summed E-state index contributed by atoms with van der Waals surface area (Å²) in [6, 6.07) is 4.42. The molecule has 1 aliphatic rings. The second-order valence-corrected chi connectivity index (χ2v) is 8.64. The molecule has 1 aromatic carbocycles. The molecule has 1 saturated heterocycles. The van der Waals surface area contributed by atoms with E-state index in [1.165, 1.54) is 5.56 Å². The van der Waals surface area contributed by atoms with E-state index in [1.807, 2.05) is 0 Å². The third kappa shape index (κ3) is 3.15. The fourth-order valence-corrected chi connectivity index (χ4v) is 4.42. The van der Waals surface area contributed by atoms with Gasteiger partial charge in [0.2, 0.25) is 0 Å². The molecule has 0 aliphatic carbocycles. The van der Waals surface area contributed by atoms with Crippen molar-refractivity contribution in [1.29, 1.82) is 0 Å². The van der Waals surface area contributed by atoms with Gasteiger partial charge in [0.05, 0.1) is 4.90 Å². The molecule has 0 bridgehead atoms. The summed E-state index contributed by atoms with van der Waals surface area (Å²) in [5.41, 5.74) is 3.78. The summed E-state index contributed by atoms with van der Waals surface area (Å²) in [6.07, 6.45) is 1.16. The number of nitrogens with zero attached hydrogens (tertiary/aromatic N) is 1. The minimum atomic E-state index is -1.00. The van der Waals surface area contributed by atoms with Crippen LogP contribution in [-0.2, 0) is 16.4 Å². The van der Waals surface area contributed by atoms with Crippen LogP contribution in [0.3, 0.4) is 0 Å². The van der Waals surface area contributed by atoms with Gasteiger partial charge in [0, 0.05) is 13.1 Å². The molecule has 112 valence electrons. The van der Waals surface area contributed by atoms with E-state index in [0.29, 0.717) is 5.92 Å². The molecule has 0 N–H and O–H groups in total. The van der Waals surface area contributed by atoms with Gasteiger partial charge in [-0.3, -0.25) is 0 Å². The molecule has 2 nitrogen and oxygen atoms in total. The van der Waals surface area contributed by atoms with Crippen molar-refractivity contribution in [1.82, 2.24) is 4.31 Å². The Hall–Kier alpha value is -0.670. The van der Waals surface area contributed by atoms with Crippen molar-refractivity contribution in [3.8, 4) is 0 Å². The summed E-state index contributed by atoms with van der Waals surface area (Å²) < 4.78 is 15.0. The number of aryl methyl sites for hydroxylation is 2. The molecule has 3 heteroatoms. The Morgan fingerprint density at radius 3 is 2.15 bits per heavy atom. The zero-order chi connectivity index (χ0) is 15.1. The standard InChI is InChI=1S/C17H27NOS/c1-12-7-8-18(11-12)20(19)16-13(2)9-15(10-14(16)3)17(4,5)6/h9-10,12H,7-8,11H2,1-6H3. The van der Waals surface area contributed by atoms with Gasteiger partial charge in [-0.05, 0) is 48.3 Å². The van der Waals surface area contributed by atoms with Gasteiger partial charge < -0.3 is 0 Å². The Labute approximate surface area is 126 Å². The van der Waals surface area contributed by atoms with Crippen LogP contribution in [-0.4, -0.2) is 21.6 Å². The summed E-state index contributed by atoms with van der Waals surface area (Å²) in [5.74, 6) is 0.661. The summed E-state index contributed by atoms with van der Waals surface area (Å²) in [5, 5.41) is 0. The van der Waals surface area contributed by atoms with Crippen molar-refractivity contribution in [2.75, 3.05) is 13.1 Å². The Kier molecular flexibility index (Phi) is 4.41. The van der Waals surface area contributed by atoms with Crippen LogP contribution in [0.1, 0.15) is 50.8 Å². The molecule has 0 amide bonds. The molecule has 0 saturated carbocycles. The van der Waals surface area contributed by atoms with Gasteiger partial charge >= 0.3 is 0 Å². The molecule has 2 rings (SSSR count). The van der Waals surface area contributed by atoms with Gasteiger partial charge in [0.1, 0.15) is 11.0 Å². The van der Waals surface area contributed by atoms with Crippen molar-refractivity contribution < 1.29 is 4.21 Å². The maximum absolute atomic E-state index is 12.8. The van der Waals surface area contributed by atoms with Crippen molar-refractivity contribution in [2.24, 2.45) is 5.92 Å². The first-order valence-electron chi connectivity index (χ1n) is 7.48. The Morgan fingerprint density at radius 2 is 1.75 bits per heavy atom. The molecule has 20 heavy (non-hydrogen) atoms. The molecular weight excluding hydrogens is 266 g/mol. The third-order valence-corrected chi connectivity index (χ3v) is 5.92. The average Bonchev–Trinajstić information content (AvgIpc) is 2.73. The molecule has 0 radical (unpaired) electrons. The van der Waals surface area contributed by atoms with Gasteiger partial charge in [-0.15, -0.1) is 0 Å². The Morgan fingerprint density at radius 1 is 1.20 bits per heavy atom. The molecule has 0 aromatic heterocycles. The summed E-state index contributed by atoms with van der Waals surface area (Å²) in [4.78, 5) is 1.02. The van der Waals surface area contributed by atoms with E-state index in [-0.39, 0.29) is 5.41 Å². The fraction of sp³-hybridized carbons (Fsp3) is 0.647. The highest BCUT2D eigenvalue weighted by atomic mass is 32.2. The molecule has 1 heterocycles. The number of hydrogen-bond acceptors (Lipinski definition) is 1. The lowest BCUT2D eigenvalue weighted by atomic mass is 9.85. The predicted octanol–water partition coefficient (Wildman–Crippen LogP) is 3.97. The van der Waals surface area contributed by atoms with Gasteiger partial charge in [0.25, 0.3) is 0 Å². The maximum Gasteiger partial charge on any atom is 0.128 e. The predicted molar refractivity (Wildman–Crippen MR) is 86.4 cm³/mol. The second-order valence-electron chi connectivity index (χ2n) is 7.22. The van der Waals surface area contributed by atoms with E-state index >= 15 is 0 Å². The van der Waals surface area contributed by atoms with Gasteiger partial charge in [-0.1, -0.05) is 39.8 Å². The lowest BCUT2D eigenvalue weighted by Crippen LogP contribution is -2.24. The van der Waals surface area contributed by atoms with Crippen LogP contribution in [0.2, 0.25) is 0 Å². The topological polar surface area (TPSA) is 20.3 Å². The summed E-state index contributed by atoms with van der Waals surface area (Å²) in [6.45, 7) is 15.0. The smallest absolute Gasteiger partial charge is 0.128 e. The van der Waals surface area contributed by atoms with Crippen LogP contribution in [0.5, 0.6) is 0 Å². The molecule has 0 spiro atoms. The average molecular weight is 293 g/mol. The van der Waals surface area contributed by atoms with Crippen LogP contribution in [0, 0.1) is 19.8 Å². The normalized spacial score (nSPS) is 22.2. The van der Waals surface area contributed by atoms with Crippen molar-refractivity contribution in [3.05, 3.63) is 28.8 Å². The molecule has 2 unspecified atom stereocenters. The molecule has 1 fully saturated rings. The van der Waals surface area contributed by atoms with Crippen LogP contribution < -0.4 is 0 Å². The Balaban J connectivity index is 2.36. The minimum Gasteiger partial charge on any atom is -0.237 e. The summed E-state index contributed by atoms with van der Waals surface area (Å²) >= 11 is 0. The fourth-order valence-electron chi connectivity index (χ4n) is 2.83. The zero-order valence-electron chi connectivity index (χ0n) is 13.6. The number of hydrogen-bond donors (Lipinski definition) is 0. The first-order valence-corrected chi connectivity index (χ1v) is 8.59. The van der Waals surface area contributed by atoms with E-state index in [0.717, 1.165) is 35.5 Å². The number of rotatable bonds is 2. The largest absolute Gasteiger partial charge is 0.237 e. The Bertz CT molecular complexity index is 507. The van der Waals surface area contributed by atoms with Crippen molar-refractivity contribution in [3.63, 3.8) is 0 Å². The first kappa shape index (κ1) is 15.7. The monoisotopic (exact) mass is 293 g/mol. The van der Waals surface area contributed by atoms with E-state index in [2.05, 4.69) is 58.0 Å². The maximum atomic E-state index is 12.8.